The Kier molecular flexibility index (Phi) is 5.66. The molecule has 0 spiro atoms. The van der Waals surface area contributed by atoms with Gasteiger partial charge in [-0.1, -0.05) is 18.2 Å². The number of likely N-dealkylation sites (tertiary alicyclic amines) is 1. The van der Waals surface area contributed by atoms with Crippen molar-refractivity contribution in [1.29, 1.82) is 0 Å². The van der Waals surface area contributed by atoms with Crippen LogP contribution in [0.15, 0.2) is 48.5 Å². The highest BCUT2D eigenvalue weighted by molar-refractivity contribution is 5.96. The molecular weight excluding hydrogens is 401 g/mol. The number of benzene rings is 2. The number of methoxy groups -OCH3 is 1. The van der Waals surface area contributed by atoms with Crippen LogP contribution in [0.2, 0.25) is 0 Å². The fourth-order valence-electron chi connectivity index (χ4n) is 3.74. The highest BCUT2D eigenvalue weighted by Crippen LogP contribution is 2.32. The number of aromatic nitrogens is 3. The molecule has 2 heterocycles. The van der Waals surface area contributed by atoms with Crippen LogP contribution in [0.25, 0.3) is 0 Å². The van der Waals surface area contributed by atoms with E-state index in [2.05, 4.69) is 20.5 Å². The van der Waals surface area contributed by atoms with Crippen LogP contribution < -0.4 is 10.1 Å². The van der Waals surface area contributed by atoms with Gasteiger partial charge < -0.3 is 15.0 Å². The summed E-state index contributed by atoms with van der Waals surface area (Å²) >= 11 is 0. The van der Waals surface area contributed by atoms with E-state index in [1.165, 1.54) is 19.2 Å². The minimum absolute atomic E-state index is 0.0621. The summed E-state index contributed by atoms with van der Waals surface area (Å²) in [4.78, 5) is 31.8. The average Bonchev–Trinajstić information content (AvgIpc) is 3.39. The molecule has 4 rings (SSSR count). The van der Waals surface area contributed by atoms with Crippen molar-refractivity contribution in [3.8, 4) is 5.75 Å². The molecule has 0 radical (unpaired) electrons. The van der Waals surface area contributed by atoms with Gasteiger partial charge in [0.15, 0.2) is 17.4 Å². The van der Waals surface area contributed by atoms with Gasteiger partial charge in [-0.2, -0.15) is 5.10 Å². The number of aromatic amines is 1. The molecule has 2 amide bonds. The Morgan fingerprint density at radius 2 is 1.97 bits per heavy atom. The molecule has 8 nitrogen and oxygen atoms in total. The van der Waals surface area contributed by atoms with Crippen LogP contribution in [0.1, 0.15) is 44.8 Å². The van der Waals surface area contributed by atoms with Gasteiger partial charge in [-0.25, -0.2) is 9.37 Å². The zero-order valence-electron chi connectivity index (χ0n) is 17.1. The lowest BCUT2D eigenvalue weighted by Gasteiger charge is -2.22. The number of hydrogen-bond donors (Lipinski definition) is 2. The van der Waals surface area contributed by atoms with E-state index in [1.54, 1.807) is 36.1 Å². The van der Waals surface area contributed by atoms with Crippen LogP contribution in [0.3, 0.4) is 0 Å². The van der Waals surface area contributed by atoms with E-state index in [4.69, 9.17) is 4.74 Å². The summed E-state index contributed by atoms with van der Waals surface area (Å²) in [5, 5.41) is 9.97. The van der Waals surface area contributed by atoms with Gasteiger partial charge >= 0.3 is 0 Å². The van der Waals surface area contributed by atoms with Gasteiger partial charge in [0.1, 0.15) is 5.82 Å². The van der Waals surface area contributed by atoms with Crippen LogP contribution in [0, 0.1) is 12.7 Å². The minimum atomic E-state index is -0.619. The summed E-state index contributed by atoms with van der Waals surface area (Å²) in [5.74, 6) is -0.0735. The Morgan fingerprint density at radius 3 is 2.61 bits per heavy atom. The number of carbonyl (C=O) groups is 2. The monoisotopic (exact) mass is 423 g/mol. The summed E-state index contributed by atoms with van der Waals surface area (Å²) in [5.41, 5.74) is 0.723. The normalized spacial score (nSPS) is 18.1. The topological polar surface area (TPSA) is 100 Å². The predicted molar refractivity (Wildman–Crippen MR) is 110 cm³/mol. The molecule has 2 N–H and O–H groups in total. The van der Waals surface area contributed by atoms with Crippen molar-refractivity contribution in [2.24, 2.45) is 0 Å². The molecule has 2 atom stereocenters. The van der Waals surface area contributed by atoms with Crippen LogP contribution in [0.5, 0.6) is 5.75 Å². The third kappa shape index (κ3) is 4.25. The molecule has 31 heavy (non-hydrogen) atoms. The van der Waals surface area contributed by atoms with Gasteiger partial charge in [-0.3, -0.25) is 14.7 Å². The number of H-pyrrole nitrogens is 1. The molecular formula is C22H22FN5O3. The number of amides is 2. The number of rotatable bonds is 5. The minimum Gasteiger partial charge on any atom is -0.494 e. The van der Waals surface area contributed by atoms with Gasteiger partial charge in [0.2, 0.25) is 0 Å². The first-order valence-electron chi connectivity index (χ1n) is 9.85. The molecule has 3 aromatic rings. The second-order valence-corrected chi connectivity index (χ2v) is 7.37. The van der Waals surface area contributed by atoms with E-state index in [0.29, 0.717) is 23.6 Å². The SMILES string of the molecule is COc1ccc(C(=O)N2C[C@@H](NC(=O)c3ccccc3)C[C@H]2c2n[nH]c(C)n2)cc1F. The number of aryl methyl sites for hydroxylation is 1. The number of carbonyl (C=O) groups excluding carboxylic acids is 2. The molecule has 1 aromatic heterocycles. The molecule has 160 valence electrons. The van der Waals surface area contributed by atoms with Gasteiger partial charge in [0.25, 0.3) is 11.8 Å². The van der Waals surface area contributed by atoms with Crippen molar-refractivity contribution in [3.05, 3.63) is 77.1 Å². The van der Waals surface area contributed by atoms with Crippen LogP contribution in [-0.4, -0.2) is 51.6 Å². The quantitative estimate of drug-likeness (QED) is 0.657. The molecule has 0 saturated carbocycles. The molecule has 1 saturated heterocycles. The largest absolute Gasteiger partial charge is 0.494 e. The Bertz CT molecular complexity index is 1100. The summed E-state index contributed by atoms with van der Waals surface area (Å²) in [6.45, 7) is 2.02. The molecule has 1 aliphatic heterocycles. The number of nitrogens with zero attached hydrogens (tertiary/aromatic N) is 3. The summed E-state index contributed by atoms with van der Waals surface area (Å²) in [7, 11) is 1.36. The highest BCUT2D eigenvalue weighted by atomic mass is 19.1. The second-order valence-electron chi connectivity index (χ2n) is 7.37. The predicted octanol–water partition coefficient (Wildman–Crippen LogP) is 2.65. The summed E-state index contributed by atoms with van der Waals surface area (Å²) in [6, 6.07) is 12.2. The van der Waals surface area contributed by atoms with E-state index in [-0.39, 0.29) is 35.7 Å². The Balaban J connectivity index is 1.58. The number of hydrogen-bond acceptors (Lipinski definition) is 5. The fourth-order valence-corrected chi connectivity index (χ4v) is 3.74. The Morgan fingerprint density at radius 1 is 1.19 bits per heavy atom. The summed E-state index contributed by atoms with van der Waals surface area (Å²) in [6.07, 6.45) is 0.445. The van der Waals surface area contributed by atoms with Crippen LogP contribution >= 0.6 is 0 Å². The maximum Gasteiger partial charge on any atom is 0.254 e. The first kappa shape index (κ1) is 20.5. The average molecular weight is 423 g/mol. The van der Waals surface area contributed by atoms with E-state index < -0.39 is 11.9 Å². The zero-order valence-corrected chi connectivity index (χ0v) is 17.1. The van der Waals surface area contributed by atoms with E-state index >= 15 is 0 Å². The Hall–Kier alpha value is -3.75. The van der Waals surface area contributed by atoms with Gasteiger partial charge in [-0.15, -0.1) is 0 Å². The lowest BCUT2D eigenvalue weighted by Crippen LogP contribution is -2.38. The zero-order chi connectivity index (χ0) is 22.0. The van der Waals surface area contributed by atoms with Crippen molar-refractivity contribution in [1.82, 2.24) is 25.4 Å². The molecule has 0 bridgehead atoms. The first-order valence-corrected chi connectivity index (χ1v) is 9.85. The Labute approximate surface area is 178 Å². The number of halogens is 1. The molecule has 1 fully saturated rings. The smallest absolute Gasteiger partial charge is 0.254 e. The maximum atomic E-state index is 14.2. The van der Waals surface area contributed by atoms with E-state index in [9.17, 15) is 14.0 Å². The summed E-state index contributed by atoms with van der Waals surface area (Å²) < 4.78 is 19.1. The van der Waals surface area contributed by atoms with Crippen molar-refractivity contribution in [2.45, 2.75) is 25.4 Å². The third-order valence-electron chi connectivity index (χ3n) is 5.24. The lowest BCUT2D eigenvalue weighted by atomic mass is 10.1. The lowest BCUT2D eigenvalue weighted by molar-refractivity contribution is 0.0723. The number of ether oxygens (including phenoxy) is 1. The highest BCUT2D eigenvalue weighted by Gasteiger charge is 2.39. The standard InChI is InChI=1S/C22H22FN5O3/c1-13-24-20(27-26-13)18-11-16(25-21(29)14-6-4-3-5-7-14)12-28(18)22(30)15-8-9-19(31-2)17(23)10-15/h3-10,16,18H,11-12H2,1-2H3,(H,25,29)(H,24,26,27)/t16-,18-/m0/s1. The fraction of sp³-hybridized carbons (Fsp3) is 0.273. The van der Waals surface area contributed by atoms with Crippen LogP contribution in [-0.2, 0) is 0 Å². The van der Waals surface area contributed by atoms with Gasteiger partial charge in [0.05, 0.1) is 13.2 Å². The third-order valence-corrected chi connectivity index (χ3v) is 5.24. The maximum absolute atomic E-state index is 14.2. The van der Waals surface area contributed by atoms with Crippen molar-refractivity contribution < 1.29 is 18.7 Å². The van der Waals surface area contributed by atoms with Gasteiger partial charge in [0, 0.05) is 23.7 Å². The molecule has 0 aliphatic carbocycles. The first-order chi connectivity index (χ1) is 15.0. The number of nitrogens with one attached hydrogen (secondary N) is 2. The van der Waals surface area contributed by atoms with Gasteiger partial charge in [-0.05, 0) is 43.7 Å². The van der Waals surface area contributed by atoms with Crippen LogP contribution in [0.4, 0.5) is 4.39 Å². The molecule has 2 aromatic carbocycles. The van der Waals surface area contributed by atoms with E-state index in [1.807, 2.05) is 6.07 Å². The van der Waals surface area contributed by atoms with Crippen molar-refractivity contribution in [2.75, 3.05) is 13.7 Å². The molecule has 9 heteroatoms. The van der Waals surface area contributed by atoms with Crippen molar-refractivity contribution in [3.63, 3.8) is 0 Å². The molecule has 0 unspecified atom stereocenters. The van der Waals surface area contributed by atoms with E-state index in [0.717, 1.165) is 6.07 Å². The van der Waals surface area contributed by atoms with Crippen molar-refractivity contribution >= 4 is 11.8 Å². The molecule has 1 aliphatic rings. The second kappa shape index (κ2) is 8.55.